The summed E-state index contributed by atoms with van der Waals surface area (Å²) in [6.45, 7) is 1.55. The molecule has 1 heterocycles. The standard InChI is InChI=1S/C19H22N2O/c20-16-9-6-13-21(14-12-16)19(22)18-11-5-4-10-17(18)15-7-2-1-3-8-15/h1-5,7-8,10-11,16H,6,9,12-14,20H2/t16-/m1/s1. The van der Waals surface area contributed by atoms with Crippen LogP contribution in [0, 0.1) is 0 Å². The molecule has 3 rings (SSSR count). The number of amides is 1. The van der Waals surface area contributed by atoms with E-state index in [0.29, 0.717) is 0 Å². The van der Waals surface area contributed by atoms with Crippen LogP contribution in [0.2, 0.25) is 0 Å². The highest BCUT2D eigenvalue weighted by Gasteiger charge is 2.22. The molecule has 2 aromatic rings. The minimum atomic E-state index is 0.119. The Hall–Kier alpha value is -2.13. The third kappa shape index (κ3) is 3.20. The van der Waals surface area contributed by atoms with Crippen LogP contribution in [0.5, 0.6) is 0 Å². The number of hydrogen-bond acceptors (Lipinski definition) is 2. The molecule has 1 fully saturated rings. The van der Waals surface area contributed by atoms with Crippen molar-refractivity contribution in [3.05, 3.63) is 60.2 Å². The number of hydrogen-bond donors (Lipinski definition) is 1. The van der Waals surface area contributed by atoms with Crippen LogP contribution in [0.1, 0.15) is 29.6 Å². The van der Waals surface area contributed by atoms with Crippen molar-refractivity contribution < 1.29 is 4.79 Å². The second kappa shape index (κ2) is 6.75. The zero-order valence-electron chi connectivity index (χ0n) is 12.7. The van der Waals surface area contributed by atoms with Gasteiger partial charge in [-0.1, -0.05) is 48.5 Å². The first-order valence-electron chi connectivity index (χ1n) is 7.95. The summed E-state index contributed by atoms with van der Waals surface area (Å²) in [6, 6.07) is 18.2. The van der Waals surface area contributed by atoms with Gasteiger partial charge in [-0.3, -0.25) is 4.79 Å². The summed E-state index contributed by atoms with van der Waals surface area (Å²) in [6.07, 6.45) is 2.88. The lowest BCUT2D eigenvalue weighted by Gasteiger charge is -2.22. The molecule has 0 aromatic heterocycles. The van der Waals surface area contributed by atoms with E-state index in [4.69, 9.17) is 5.73 Å². The van der Waals surface area contributed by atoms with E-state index in [9.17, 15) is 4.79 Å². The van der Waals surface area contributed by atoms with Crippen molar-refractivity contribution in [2.45, 2.75) is 25.3 Å². The minimum Gasteiger partial charge on any atom is -0.339 e. The molecule has 2 N–H and O–H groups in total. The average molecular weight is 294 g/mol. The summed E-state index contributed by atoms with van der Waals surface area (Å²) in [7, 11) is 0. The fraction of sp³-hybridized carbons (Fsp3) is 0.316. The smallest absolute Gasteiger partial charge is 0.254 e. The first-order chi connectivity index (χ1) is 10.8. The van der Waals surface area contributed by atoms with Crippen molar-refractivity contribution >= 4 is 5.91 Å². The molecule has 2 aromatic carbocycles. The number of carbonyl (C=O) groups is 1. The fourth-order valence-electron chi connectivity index (χ4n) is 3.03. The van der Waals surface area contributed by atoms with Crippen LogP contribution in [0.4, 0.5) is 0 Å². The predicted octanol–water partition coefficient (Wildman–Crippen LogP) is 3.31. The highest BCUT2D eigenvalue weighted by Crippen LogP contribution is 2.25. The zero-order chi connectivity index (χ0) is 15.4. The van der Waals surface area contributed by atoms with Crippen LogP contribution in [0.3, 0.4) is 0 Å². The van der Waals surface area contributed by atoms with Gasteiger partial charge in [0, 0.05) is 24.7 Å². The molecule has 0 bridgehead atoms. The summed E-state index contributed by atoms with van der Waals surface area (Å²) in [4.78, 5) is 14.9. The number of likely N-dealkylation sites (tertiary alicyclic amines) is 1. The van der Waals surface area contributed by atoms with E-state index in [1.807, 2.05) is 59.5 Å². The van der Waals surface area contributed by atoms with Crippen LogP contribution in [0.15, 0.2) is 54.6 Å². The Kier molecular flexibility index (Phi) is 4.54. The Balaban J connectivity index is 1.90. The van der Waals surface area contributed by atoms with Gasteiger partial charge in [-0.2, -0.15) is 0 Å². The molecule has 1 saturated heterocycles. The van der Waals surface area contributed by atoms with Gasteiger partial charge in [0.1, 0.15) is 0 Å². The molecule has 0 spiro atoms. The maximum Gasteiger partial charge on any atom is 0.254 e. The molecule has 1 atom stereocenters. The van der Waals surface area contributed by atoms with E-state index in [-0.39, 0.29) is 11.9 Å². The molecule has 0 unspecified atom stereocenters. The zero-order valence-corrected chi connectivity index (χ0v) is 12.7. The Labute approximate surface area is 131 Å². The molecule has 1 amide bonds. The second-order valence-electron chi connectivity index (χ2n) is 5.89. The van der Waals surface area contributed by atoms with Crippen molar-refractivity contribution in [3.8, 4) is 11.1 Å². The van der Waals surface area contributed by atoms with E-state index in [2.05, 4.69) is 0 Å². The lowest BCUT2D eigenvalue weighted by Crippen LogP contribution is -2.33. The first kappa shape index (κ1) is 14.8. The summed E-state index contributed by atoms with van der Waals surface area (Å²) in [5.74, 6) is 0.119. The summed E-state index contributed by atoms with van der Waals surface area (Å²) >= 11 is 0. The van der Waals surface area contributed by atoms with Gasteiger partial charge < -0.3 is 10.6 Å². The third-order valence-corrected chi connectivity index (χ3v) is 4.30. The average Bonchev–Trinajstić information content (AvgIpc) is 2.80. The van der Waals surface area contributed by atoms with Gasteiger partial charge in [-0.15, -0.1) is 0 Å². The second-order valence-corrected chi connectivity index (χ2v) is 5.89. The molecule has 1 aliphatic heterocycles. The number of nitrogens with two attached hydrogens (primary N) is 1. The monoisotopic (exact) mass is 294 g/mol. The van der Waals surface area contributed by atoms with Crippen molar-refractivity contribution in [3.63, 3.8) is 0 Å². The van der Waals surface area contributed by atoms with Crippen LogP contribution in [-0.2, 0) is 0 Å². The molecule has 0 saturated carbocycles. The molecule has 0 aliphatic carbocycles. The lowest BCUT2D eigenvalue weighted by atomic mass is 9.99. The normalized spacial score (nSPS) is 18.8. The first-order valence-corrected chi connectivity index (χ1v) is 7.95. The van der Waals surface area contributed by atoms with Crippen molar-refractivity contribution in [1.82, 2.24) is 4.90 Å². The maximum atomic E-state index is 12.9. The van der Waals surface area contributed by atoms with E-state index in [1.165, 1.54) is 0 Å². The van der Waals surface area contributed by atoms with Crippen molar-refractivity contribution in [2.24, 2.45) is 5.73 Å². The molecule has 114 valence electrons. The van der Waals surface area contributed by atoms with Crippen LogP contribution < -0.4 is 5.73 Å². The van der Waals surface area contributed by atoms with Crippen LogP contribution >= 0.6 is 0 Å². The lowest BCUT2D eigenvalue weighted by molar-refractivity contribution is 0.0762. The van der Waals surface area contributed by atoms with Gasteiger partial charge in [0.05, 0.1) is 0 Å². The van der Waals surface area contributed by atoms with E-state index < -0.39 is 0 Å². The van der Waals surface area contributed by atoms with Gasteiger partial charge in [-0.05, 0) is 36.5 Å². The van der Waals surface area contributed by atoms with E-state index in [1.54, 1.807) is 0 Å². The number of nitrogens with zero attached hydrogens (tertiary/aromatic N) is 1. The van der Waals surface area contributed by atoms with E-state index >= 15 is 0 Å². The largest absolute Gasteiger partial charge is 0.339 e. The van der Waals surface area contributed by atoms with Gasteiger partial charge in [0.15, 0.2) is 0 Å². The number of carbonyl (C=O) groups excluding carboxylic acids is 1. The molecular weight excluding hydrogens is 272 g/mol. The summed E-state index contributed by atoms with van der Waals surface area (Å²) in [5, 5.41) is 0. The van der Waals surface area contributed by atoms with Crippen LogP contribution in [0.25, 0.3) is 11.1 Å². The topological polar surface area (TPSA) is 46.3 Å². The molecule has 3 nitrogen and oxygen atoms in total. The minimum absolute atomic E-state index is 0.119. The molecular formula is C19H22N2O. The summed E-state index contributed by atoms with van der Waals surface area (Å²) in [5.41, 5.74) is 8.88. The molecule has 0 radical (unpaired) electrons. The molecule has 22 heavy (non-hydrogen) atoms. The molecule has 1 aliphatic rings. The van der Waals surface area contributed by atoms with Gasteiger partial charge in [0.2, 0.25) is 0 Å². The third-order valence-electron chi connectivity index (χ3n) is 4.30. The fourth-order valence-corrected chi connectivity index (χ4v) is 3.03. The van der Waals surface area contributed by atoms with Gasteiger partial charge in [0.25, 0.3) is 5.91 Å². The quantitative estimate of drug-likeness (QED) is 0.923. The number of benzene rings is 2. The Bertz CT molecular complexity index is 639. The van der Waals surface area contributed by atoms with Crippen LogP contribution in [-0.4, -0.2) is 29.9 Å². The van der Waals surface area contributed by atoms with Gasteiger partial charge >= 0.3 is 0 Å². The van der Waals surface area contributed by atoms with E-state index in [0.717, 1.165) is 49.0 Å². The SMILES string of the molecule is N[C@@H]1CCCN(C(=O)c2ccccc2-c2ccccc2)CC1. The predicted molar refractivity (Wildman–Crippen MR) is 89.6 cm³/mol. The Morgan fingerprint density at radius 1 is 0.955 bits per heavy atom. The van der Waals surface area contributed by atoms with Crippen molar-refractivity contribution in [2.75, 3.05) is 13.1 Å². The highest BCUT2D eigenvalue weighted by molar-refractivity contribution is 6.00. The number of rotatable bonds is 2. The highest BCUT2D eigenvalue weighted by atomic mass is 16.2. The maximum absolute atomic E-state index is 12.9. The van der Waals surface area contributed by atoms with Gasteiger partial charge in [-0.25, -0.2) is 0 Å². The van der Waals surface area contributed by atoms with Crippen molar-refractivity contribution in [1.29, 1.82) is 0 Å². The summed E-state index contributed by atoms with van der Waals surface area (Å²) < 4.78 is 0. The molecule has 3 heteroatoms. The Morgan fingerprint density at radius 2 is 1.68 bits per heavy atom. The Morgan fingerprint density at radius 3 is 2.50 bits per heavy atom.